The van der Waals surface area contributed by atoms with Crippen LogP contribution >= 0.6 is 11.8 Å². The van der Waals surface area contributed by atoms with Gasteiger partial charge < -0.3 is 14.6 Å². The largest absolute Gasteiger partial charge is 0.415 e. The number of H-pyrrole nitrogens is 1. The van der Waals surface area contributed by atoms with E-state index >= 15 is 0 Å². The minimum Gasteiger partial charge on any atom is -0.410 e. The van der Waals surface area contributed by atoms with Gasteiger partial charge in [-0.1, -0.05) is 36.9 Å². The third kappa shape index (κ3) is 5.88. The molecule has 1 aromatic carbocycles. The molecular weight excluding hydrogens is 408 g/mol. The van der Waals surface area contributed by atoms with Crippen molar-refractivity contribution in [3.05, 3.63) is 71.8 Å². The molecule has 0 saturated carbocycles. The number of hydrogen-bond acceptors (Lipinski definition) is 5. The topological polar surface area (TPSA) is 71.1 Å². The van der Waals surface area contributed by atoms with E-state index in [4.69, 9.17) is 4.74 Å². The van der Waals surface area contributed by atoms with Crippen LogP contribution in [0, 0.1) is 12.8 Å². The predicted molar refractivity (Wildman–Crippen MR) is 122 cm³/mol. The van der Waals surface area contributed by atoms with E-state index in [1.54, 1.807) is 18.0 Å². The number of likely N-dealkylation sites (tertiary alicyclic amines) is 1. The van der Waals surface area contributed by atoms with Gasteiger partial charge in [0.1, 0.15) is 5.75 Å². The molecular formula is C24H28N4O2S. The van der Waals surface area contributed by atoms with Gasteiger partial charge in [0.05, 0.1) is 0 Å². The summed E-state index contributed by atoms with van der Waals surface area (Å²) in [5, 5.41) is 1.41. The first-order valence-corrected chi connectivity index (χ1v) is 11.6. The molecule has 162 valence electrons. The number of benzene rings is 1. The van der Waals surface area contributed by atoms with Crippen LogP contribution in [0.15, 0.2) is 60.0 Å². The van der Waals surface area contributed by atoms with Crippen molar-refractivity contribution >= 4 is 17.9 Å². The number of hydrogen-bond donors (Lipinski definition) is 1. The van der Waals surface area contributed by atoms with Crippen molar-refractivity contribution in [1.29, 1.82) is 0 Å². The molecule has 1 aliphatic heterocycles. The Morgan fingerprint density at radius 1 is 1.23 bits per heavy atom. The lowest BCUT2D eigenvalue weighted by Gasteiger charge is -2.33. The summed E-state index contributed by atoms with van der Waals surface area (Å²) in [6.45, 7) is 5.68. The number of carbonyl (C=O) groups is 1. The second-order valence-corrected chi connectivity index (χ2v) is 9.37. The molecule has 4 rings (SSSR count). The minimum absolute atomic E-state index is 0.266. The zero-order chi connectivity index (χ0) is 21.6. The Bertz CT molecular complexity index is 983. The smallest absolute Gasteiger partial charge is 0.410 e. The zero-order valence-electron chi connectivity index (χ0n) is 18.0. The molecule has 1 aliphatic rings. The van der Waals surface area contributed by atoms with Gasteiger partial charge >= 0.3 is 6.09 Å². The molecule has 0 aliphatic carbocycles. The minimum atomic E-state index is -0.266. The number of aromatic amines is 1. The van der Waals surface area contributed by atoms with Crippen molar-refractivity contribution in [2.24, 2.45) is 5.92 Å². The number of amides is 1. The van der Waals surface area contributed by atoms with Crippen molar-refractivity contribution in [2.75, 3.05) is 13.1 Å². The Hall–Kier alpha value is -2.80. The number of aryl methyl sites for hydroxylation is 1. The summed E-state index contributed by atoms with van der Waals surface area (Å²) in [5.41, 5.74) is 3.19. The van der Waals surface area contributed by atoms with Crippen LogP contribution in [-0.2, 0) is 6.42 Å². The SMILES string of the molecule is Cc1cccc(Cc2ccc(OC(=O)N3CCC(C(C)Sc4ncc[nH]4)CC3)cc2)n1. The Balaban J connectivity index is 1.25. The van der Waals surface area contributed by atoms with E-state index in [1.165, 1.54) is 0 Å². The maximum Gasteiger partial charge on any atom is 0.415 e. The fourth-order valence-corrected chi connectivity index (χ4v) is 4.96. The third-order valence-electron chi connectivity index (χ3n) is 5.69. The van der Waals surface area contributed by atoms with Crippen molar-refractivity contribution in [1.82, 2.24) is 19.9 Å². The molecule has 1 atom stereocenters. The van der Waals surface area contributed by atoms with Gasteiger partial charge in [-0.05, 0) is 55.5 Å². The van der Waals surface area contributed by atoms with E-state index in [9.17, 15) is 4.79 Å². The van der Waals surface area contributed by atoms with E-state index in [-0.39, 0.29) is 6.09 Å². The lowest BCUT2D eigenvalue weighted by Crippen LogP contribution is -2.41. The first-order chi connectivity index (χ1) is 15.1. The van der Waals surface area contributed by atoms with Gasteiger partial charge in [0.25, 0.3) is 0 Å². The molecule has 0 radical (unpaired) electrons. The Morgan fingerprint density at radius 3 is 2.68 bits per heavy atom. The molecule has 2 aromatic heterocycles. The number of carbonyl (C=O) groups excluding carboxylic acids is 1. The molecule has 7 heteroatoms. The highest BCUT2D eigenvalue weighted by molar-refractivity contribution is 7.99. The van der Waals surface area contributed by atoms with Crippen LogP contribution in [0.5, 0.6) is 5.75 Å². The monoisotopic (exact) mass is 436 g/mol. The number of pyridine rings is 1. The van der Waals surface area contributed by atoms with Crippen molar-refractivity contribution in [3.8, 4) is 5.75 Å². The Labute approximate surface area is 187 Å². The first-order valence-electron chi connectivity index (χ1n) is 10.7. The fourth-order valence-electron chi connectivity index (χ4n) is 3.89. The van der Waals surface area contributed by atoms with Gasteiger partial charge in [-0.3, -0.25) is 4.98 Å². The summed E-state index contributed by atoms with van der Waals surface area (Å²) >= 11 is 1.77. The summed E-state index contributed by atoms with van der Waals surface area (Å²) < 4.78 is 5.61. The Morgan fingerprint density at radius 2 is 2.00 bits per heavy atom. The number of piperidine rings is 1. The normalized spacial score (nSPS) is 15.6. The van der Waals surface area contributed by atoms with Crippen LogP contribution in [0.3, 0.4) is 0 Å². The maximum atomic E-state index is 12.6. The highest BCUT2D eigenvalue weighted by Gasteiger charge is 2.28. The van der Waals surface area contributed by atoms with Crippen molar-refractivity contribution in [3.63, 3.8) is 0 Å². The van der Waals surface area contributed by atoms with Gasteiger partial charge in [0.15, 0.2) is 5.16 Å². The molecule has 1 fully saturated rings. The molecule has 1 unspecified atom stereocenters. The van der Waals surface area contributed by atoms with E-state index in [1.807, 2.05) is 60.5 Å². The maximum absolute atomic E-state index is 12.6. The van der Waals surface area contributed by atoms with Crippen LogP contribution in [0.4, 0.5) is 4.79 Å². The fraction of sp³-hybridized carbons (Fsp3) is 0.375. The van der Waals surface area contributed by atoms with Crippen LogP contribution in [0.1, 0.15) is 36.7 Å². The molecule has 6 nitrogen and oxygen atoms in total. The summed E-state index contributed by atoms with van der Waals surface area (Å²) in [6.07, 6.45) is 6.08. The number of thioether (sulfide) groups is 1. The molecule has 0 spiro atoms. The highest BCUT2D eigenvalue weighted by atomic mass is 32.2. The standard InChI is InChI=1S/C24H28N4O2S/c1-17-4-3-5-21(27-17)16-19-6-8-22(9-7-19)30-24(29)28-14-10-20(11-15-28)18(2)31-23-25-12-13-26-23/h3-9,12-13,18,20H,10-11,14-16H2,1-2H3,(H,25,26). The molecule has 1 amide bonds. The second kappa shape index (κ2) is 10.0. The number of ether oxygens (including phenoxy) is 1. The summed E-state index contributed by atoms with van der Waals surface area (Å²) in [5.74, 6) is 1.14. The van der Waals surface area contributed by atoms with Crippen molar-refractivity contribution in [2.45, 2.75) is 43.5 Å². The van der Waals surface area contributed by atoms with E-state index in [0.717, 1.165) is 54.5 Å². The zero-order valence-corrected chi connectivity index (χ0v) is 18.8. The quantitative estimate of drug-likeness (QED) is 0.545. The van der Waals surface area contributed by atoms with Gasteiger partial charge in [-0.15, -0.1) is 0 Å². The van der Waals surface area contributed by atoms with Crippen LogP contribution in [0.2, 0.25) is 0 Å². The van der Waals surface area contributed by atoms with Gasteiger partial charge in [0.2, 0.25) is 0 Å². The average Bonchev–Trinajstić information content (AvgIpc) is 3.28. The van der Waals surface area contributed by atoms with Crippen molar-refractivity contribution < 1.29 is 9.53 Å². The molecule has 31 heavy (non-hydrogen) atoms. The molecule has 1 N–H and O–H groups in total. The summed E-state index contributed by atoms with van der Waals surface area (Å²) in [6, 6.07) is 13.7. The lowest BCUT2D eigenvalue weighted by molar-refractivity contribution is 0.131. The van der Waals surface area contributed by atoms with Crippen LogP contribution < -0.4 is 4.74 Å². The number of nitrogens with zero attached hydrogens (tertiary/aromatic N) is 3. The van der Waals surface area contributed by atoms with E-state index in [2.05, 4.69) is 21.9 Å². The molecule has 1 saturated heterocycles. The van der Waals surface area contributed by atoms with Crippen LogP contribution in [0.25, 0.3) is 0 Å². The van der Waals surface area contributed by atoms with Crippen LogP contribution in [-0.4, -0.2) is 44.3 Å². The molecule has 3 aromatic rings. The summed E-state index contributed by atoms with van der Waals surface area (Å²) in [4.78, 5) is 26.4. The van der Waals surface area contributed by atoms with Gasteiger partial charge in [0, 0.05) is 48.5 Å². The van der Waals surface area contributed by atoms with Gasteiger partial charge in [-0.25, -0.2) is 9.78 Å². The number of aromatic nitrogens is 3. The lowest BCUT2D eigenvalue weighted by atomic mass is 9.94. The Kier molecular flexibility index (Phi) is 6.92. The predicted octanol–water partition coefficient (Wildman–Crippen LogP) is 5.10. The molecule has 0 bridgehead atoms. The van der Waals surface area contributed by atoms with E-state index in [0.29, 0.717) is 16.9 Å². The third-order valence-corrected chi connectivity index (χ3v) is 6.90. The summed E-state index contributed by atoms with van der Waals surface area (Å²) in [7, 11) is 0. The number of rotatable bonds is 6. The average molecular weight is 437 g/mol. The highest BCUT2D eigenvalue weighted by Crippen LogP contribution is 2.32. The van der Waals surface area contributed by atoms with Gasteiger partial charge in [-0.2, -0.15) is 0 Å². The number of imidazole rings is 1. The molecule has 3 heterocycles. The van der Waals surface area contributed by atoms with E-state index < -0.39 is 0 Å². The first kappa shape index (κ1) is 21.4. The number of nitrogens with one attached hydrogen (secondary N) is 1. The second-order valence-electron chi connectivity index (χ2n) is 8.00.